The van der Waals surface area contributed by atoms with Crippen molar-refractivity contribution in [3.8, 4) is 0 Å². The van der Waals surface area contributed by atoms with E-state index in [0.717, 1.165) is 0 Å². The number of Topliss-reactive ketones (excluding diaryl/α,β-unsaturated/α-hetero) is 1. The average molecular weight is 400 g/mol. The van der Waals surface area contributed by atoms with E-state index in [1.807, 2.05) is 6.08 Å². The van der Waals surface area contributed by atoms with Gasteiger partial charge in [-0.2, -0.15) is 0 Å². The molecule has 0 aliphatic heterocycles. The van der Waals surface area contributed by atoms with Gasteiger partial charge in [0.25, 0.3) is 0 Å². The third-order valence-corrected chi connectivity index (χ3v) is 6.28. The summed E-state index contributed by atoms with van der Waals surface area (Å²) in [7, 11) is -3.73. The van der Waals surface area contributed by atoms with E-state index < -0.39 is 13.9 Å². The Balaban J connectivity index is 2.24. The highest BCUT2D eigenvalue weighted by Gasteiger charge is 2.41. The number of hydrogen-bond acceptors (Lipinski definition) is 7. The van der Waals surface area contributed by atoms with Crippen LogP contribution in [0.5, 0.6) is 0 Å². The monoisotopic (exact) mass is 400 g/mol. The molecular weight excluding hydrogens is 371 g/mol. The van der Waals surface area contributed by atoms with Gasteiger partial charge in [-0.25, -0.2) is 4.57 Å². The van der Waals surface area contributed by atoms with Gasteiger partial charge >= 0.3 is 7.82 Å². The zero-order valence-electron chi connectivity index (χ0n) is 16.1. The van der Waals surface area contributed by atoms with E-state index in [1.54, 1.807) is 32.9 Å². The summed E-state index contributed by atoms with van der Waals surface area (Å²) in [5, 5.41) is 9.45. The predicted octanol–water partition coefficient (Wildman–Crippen LogP) is 3.58. The molecule has 2 unspecified atom stereocenters. The van der Waals surface area contributed by atoms with E-state index in [4.69, 9.17) is 13.6 Å². The minimum atomic E-state index is -3.73. The summed E-state index contributed by atoms with van der Waals surface area (Å²) in [6, 6.07) is 0. The lowest BCUT2D eigenvalue weighted by Gasteiger charge is -2.37. The lowest BCUT2D eigenvalue weighted by atomic mass is 9.68. The van der Waals surface area contributed by atoms with Gasteiger partial charge in [0.15, 0.2) is 5.78 Å². The molecule has 27 heavy (non-hydrogen) atoms. The summed E-state index contributed by atoms with van der Waals surface area (Å²) < 4.78 is 28.7. The number of aliphatic hydroxyl groups excluding tert-OH is 1. The van der Waals surface area contributed by atoms with Crippen LogP contribution in [0, 0.1) is 17.8 Å². The second kappa shape index (κ2) is 9.78. The van der Waals surface area contributed by atoms with Crippen LogP contribution < -0.4 is 0 Å². The molecule has 2 rings (SSSR count). The van der Waals surface area contributed by atoms with Crippen LogP contribution >= 0.6 is 7.82 Å². The molecular formula is C19H29O7P. The second-order valence-electron chi connectivity index (χ2n) is 7.00. The highest BCUT2D eigenvalue weighted by Crippen LogP contribution is 2.54. The van der Waals surface area contributed by atoms with E-state index >= 15 is 0 Å². The normalized spacial score (nSPS) is 26.3. The molecule has 0 fully saturated rings. The molecule has 0 radical (unpaired) electrons. The van der Waals surface area contributed by atoms with Crippen LogP contribution in [-0.4, -0.2) is 36.0 Å². The van der Waals surface area contributed by atoms with Crippen molar-refractivity contribution < 1.29 is 32.8 Å². The van der Waals surface area contributed by atoms with Crippen LogP contribution in [0.25, 0.3) is 0 Å². The number of fused-ring (bicyclic) bond motifs is 1. The summed E-state index contributed by atoms with van der Waals surface area (Å²) in [5.41, 5.74) is 0. The minimum absolute atomic E-state index is 0.00537. The summed E-state index contributed by atoms with van der Waals surface area (Å²) in [4.78, 5) is 24.7. The van der Waals surface area contributed by atoms with Gasteiger partial charge in [0, 0.05) is 25.2 Å². The molecule has 0 spiro atoms. The number of carbonyl (C=O) groups excluding carboxylic acids is 2. The summed E-state index contributed by atoms with van der Waals surface area (Å²) >= 11 is 0. The predicted molar refractivity (Wildman–Crippen MR) is 99.8 cm³/mol. The average Bonchev–Trinajstić information content (AvgIpc) is 2.53. The van der Waals surface area contributed by atoms with Gasteiger partial charge in [-0.05, 0) is 51.2 Å². The van der Waals surface area contributed by atoms with Gasteiger partial charge in [0.2, 0.25) is 0 Å². The van der Waals surface area contributed by atoms with Crippen molar-refractivity contribution in [2.75, 3.05) is 13.2 Å². The molecule has 2 aliphatic carbocycles. The number of hydrogen-bond donors (Lipinski definition) is 1. The van der Waals surface area contributed by atoms with E-state index in [1.165, 1.54) is 0 Å². The molecule has 0 amide bonds. The summed E-state index contributed by atoms with van der Waals surface area (Å²) in [6.07, 6.45) is 5.67. The van der Waals surface area contributed by atoms with Crippen LogP contribution in [0.1, 0.15) is 46.5 Å². The highest BCUT2D eigenvalue weighted by molar-refractivity contribution is 7.48. The fourth-order valence-corrected chi connectivity index (χ4v) is 5.00. The van der Waals surface area contributed by atoms with Crippen molar-refractivity contribution in [3.05, 3.63) is 24.0 Å². The lowest BCUT2D eigenvalue weighted by Crippen LogP contribution is -2.36. The molecule has 2 aliphatic rings. The maximum Gasteiger partial charge on any atom is 0.529 e. The summed E-state index contributed by atoms with van der Waals surface area (Å²) in [6.45, 7) is 5.30. The molecule has 0 bridgehead atoms. The maximum atomic E-state index is 12.7. The molecule has 0 saturated heterocycles. The quantitative estimate of drug-likeness (QED) is 0.560. The molecule has 7 nitrogen and oxygen atoms in total. The molecule has 0 aromatic heterocycles. The van der Waals surface area contributed by atoms with Crippen molar-refractivity contribution in [2.24, 2.45) is 17.8 Å². The van der Waals surface area contributed by atoms with Gasteiger partial charge in [-0.1, -0.05) is 6.08 Å². The number of carbonyl (C=O) groups is 2. The van der Waals surface area contributed by atoms with Crippen LogP contribution in [0.3, 0.4) is 0 Å². The molecule has 0 aromatic rings. The Hall–Kier alpha value is -1.27. The second-order valence-corrected chi connectivity index (χ2v) is 8.59. The van der Waals surface area contributed by atoms with Gasteiger partial charge in [-0.3, -0.25) is 18.6 Å². The number of allylic oxidation sites excluding steroid dienone is 4. The Kier molecular flexibility index (Phi) is 7.98. The number of aliphatic hydroxyl groups is 1. The number of rotatable bonds is 10. The fourth-order valence-electron chi connectivity index (χ4n) is 3.77. The minimum Gasteiger partial charge on any atom is -0.409 e. The third kappa shape index (κ3) is 6.11. The first-order valence-electron chi connectivity index (χ1n) is 9.47. The largest absolute Gasteiger partial charge is 0.529 e. The summed E-state index contributed by atoms with van der Waals surface area (Å²) in [5.74, 6) is -0.387. The standard InChI is InChI=1S/C19H29O7P/c1-4-24-27(23,25-5-2)26-17-11-14-7-6-8-18(22)19(14)15(12-17)10-16(21)9-13(3)20/h6,8,12-15,19-20H,4-5,7,9-11H2,1-3H3/t13?,14-,15?,19+/m1/s1. The molecule has 0 heterocycles. The third-order valence-electron chi connectivity index (χ3n) is 4.67. The zero-order valence-corrected chi connectivity index (χ0v) is 17.0. The van der Waals surface area contributed by atoms with E-state index in [2.05, 4.69) is 0 Å². The van der Waals surface area contributed by atoms with Crippen molar-refractivity contribution in [3.63, 3.8) is 0 Å². The van der Waals surface area contributed by atoms with Gasteiger partial charge in [0.1, 0.15) is 11.5 Å². The number of phosphoric ester groups is 1. The topological polar surface area (TPSA) is 99.1 Å². The van der Waals surface area contributed by atoms with Crippen molar-refractivity contribution in [1.29, 1.82) is 0 Å². The molecule has 4 atom stereocenters. The Morgan fingerprint density at radius 1 is 1.33 bits per heavy atom. The van der Waals surface area contributed by atoms with Crippen molar-refractivity contribution >= 4 is 19.4 Å². The Morgan fingerprint density at radius 2 is 2.00 bits per heavy atom. The van der Waals surface area contributed by atoms with Gasteiger partial charge < -0.3 is 9.63 Å². The van der Waals surface area contributed by atoms with E-state index in [0.29, 0.717) is 18.6 Å². The first kappa shape index (κ1) is 22.0. The van der Waals surface area contributed by atoms with Crippen LogP contribution in [0.15, 0.2) is 24.0 Å². The van der Waals surface area contributed by atoms with Crippen LogP contribution in [-0.2, 0) is 27.7 Å². The molecule has 8 heteroatoms. The maximum absolute atomic E-state index is 12.7. The molecule has 1 N–H and O–H groups in total. The van der Waals surface area contributed by atoms with E-state index in [-0.39, 0.29) is 55.4 Å². The smallest absolute Gasteiger partial charge is 0.409 e. The zero-order chi connectivity index (χ0) is 20.0. The fraction of sp³-hybridized carbons (Fsp3) is 0.684. The Labute approximate surface area is 160 Å². The first-order chi connectivity index (χ1) is 12.8. The number of ketones is 2. The SMILES string of the molecule is CCOP(=O)(OCC)OC1=CC(CC(=O)CC(C)O)[C@H]2C(=O)C=CC[C@@H]2C1. The highest BCUT2D eigenvalue weighted by atomic mass is 31.2. The van der Waals surface area contributed by atoms with Crippen molar-refractivity contribution in [2.45, 2.75) is 52.6 Å². The first-order valence-corrected chi connectivity index (χ1v) is 10.9. The van der Waals surface area contributed by atoms with Gasteiger partial charge in [-0.15, -0.1) is 0 Å². The Bertz CT molecular complexity index is 642. The number of phosphoric acid groups is 1. The molecule has 0 aromatic carbocycles. The van der Waals surface area contributed by atoms with Crippen LogP contribution in [0.2, 0.25) is 0 Å². The van der Waals surface area contributed by atoms with Gasteiger partial charge in [0.05, 0.1) is 19.3 Å². The molecule has 152 valence electrons. The van der Waals surface area contributed by atoms with Crippen LogP contribution in [0.4, 0.5) is 0 Å². The lowest BCUT2D eigenvalue weighted by molar-refractivity contribution is -0.125. The molecule has 0 saturated carbocycles. The Morgan fingerprint density at radius 3 is 2.59 bits per heavy atom. The van der Waals surface area contributed by atoms with Crippen molar-refractivity contribution in [1.82, 2.24) is 0 Å². The van der Waals surface area contributed by atoms with E-state index in [9.17, 15) is 19.3 Å².